The molecule has 0 atom stereocenters. The van der Waals surface area contributed by atoms with E-state index in [-0.39, 0.29) is 0 Å². The largest absolute Gasteiger partial charge is 0.370 e. The lowest BCUT2D eigenvalue weighted by atomic mass is 9.96. The molecule has 0 aliphatic heterocycles. The van der Waals surface area contributed by atoms with Gasteiger partial charge in [0.05, 0.1) is 0 Å². The van der Waals surface area contributed by atoms with Crippen molar-refractivity contribution in [3.8, 4) is 0 Å². The van der Waals surface area contributed by atoms with Crippen LogP contribution in [0.15, 0.2) is 0 Å². The molecule has 100 valence electrons. The molecule has 2 rings (SSSR count). The lowest BCUT2D eigenvalue weighted by molar-refractivity contribution is 0.602. The molecule has 0 radical (unpaired) electrons. The second kappa shape index (κ2) is 6.17. The first-order chi connectivity index (χ1) is 8.70. The maximum atomic E-state index is 4.77. The molecule has 0 fully saturated rings. The van der Waals surface area contributed by atoms with Crippen molar-refractivity contribution in [1.29, 1.82) is 0 Å². The highest BCUT2D eigenvalue weighted by molar-refractivity contribution is 5.47. The van der Waals surface area contributed by atoms with E-state index in [1.807, 2.05) is 0 Å². The van der Waals surface area contributed by atoms with Crippen LogP contribution in [-0.2, 0) is 19.3 Å². The lowest BCUT2D eigenvalue weighted by Gasteiger charge is -2.20. The van der Waals surface area contributed by atoms with Gasteiger partial charge < -0.3 is 5.32 Å². The van der Waals surface area contributed by atoms with Crippen molar-refractivity contribution in [2.24, 2.45) is 5.92 Å². The number of nitrogens with zero attached hydrogens (tertiary/aromatic N) is 2. The molecular weight excluding hydrogens is 222 g/mol. The molecule has 0 unspecified atom stereocenters. The third kappa shape index (κ3) is 3.21. The summed E-state index contributed by atoms with van der Waals surface area (Å²) in [4.78, 5) is 9.51. The molecule has 1 N–H and O–H groups in total. The molecule has 1 aromatic heterocycles. The highest BCUT2D eigenvalue weighted by Gasteiger charge is 2.17. The molecule has 0 aromatic carbocycles. The Balaban J connectivity index is 2.28. The summed E-state index contributed by atoms with van der Waals surface area (Å²) in [6.07, 6.45) is 6.94. The molecule has 0 saturated carbocycles. The van der Waals surface area contributed by atoms with Gasteiger partial charge in [-0.2, -0.15) is 0 Å². The van der Waals surface area contributed by atoms with Crippen LogP contribution >= 0.6 is 0 Å². The second-order valence-corrected chi connectivity index (χ2v) is 5.65. The Bertz CT molecular complexity index is 399. The smallest absolute Gasteiger partial charge is 0.133 e. The Kier molecular flexibility index (Phi) is 4.56. The highest BCUT2D eigenvalue weighted by atomic mass is 15.0. The molecule has 1 aliphatic carbocycles. The monoisotopic (exact) mass is 247 g/mol. The first-order valence-corrected chi connectivity index (χ1v) is 7.33. The van der Waals surface area contributed by atoms with Crippen molar-refractivity contribution in [1.82, 2.24) is 9.97 Å². The van der Waals surface area contributed by atoms with Crippen LogP contribution < -0.4 is 5.32 Å². The van der Waals surface area contributed by atoms with E-state index < -0.39 is 0 Å². The first-order valence-electron chi connectivity index (χ1n) is 7.33. The minimum atomic E-state index is 0.616. The molecule has 0 saturated heterocycles. The Morgan fingerprint density at radius 3 is 2.67 bits per heavy atom. The minimum absolute atomic E-state index is 0.616. The predicted molar refractivity (Wildman–Crippen MR) is 76.0 cm³/mol. The van der Waals surface area contributed by atoms with E-state index in [9.17, 15) is 0 Å². The van der Waals surface area contributed by atoms with Gasteiger partial charge in [0.1, 0.15) is 11.6 Å². The average molecular weight is 247 g/mol. The van der Waals surface area contributed by atoms with Gasteiger partial charge >= 0.3 is 0 Å². The van der Waals surface area contributed by atoms with Crippen molar-refractivity contribution in [3.63, 3.8) is 0 Å². The second-order valence-electron chi connectivity index (χ2n) is 5.65. The molecule has 18 heavy (non-hydrogen) atoms. The van der Waals surface area contributed by atoms with Gasteiger partial charge in [-0.3, -0.25) is 0 Å². The number of hydrogen-bond acceptors (Lipinski definition) is 3. The Morgan fingerprint density at radius 1 is 1.17 bits per heavy atom. The quantitative estimate of drug-likeness (QED) is 0.867. The van der Waals surface area contributed by atoms with Gasteiger partial charge in [0, 0.05) is 24.2 Å². The zero-order valence-corrected chi connectivity index (χ0v) is 11.9. The molecule has 3 nitrogen and oxygen atoms in total. The molecule has 1 heterocycles. The zero-order chi connectivity index (χ0) is 13.0. The summed E-state index contributed by atoms with van der Waals surface area (Å²) in [7, 11) is 0. The lowest BCUT2D eigenvalue weighted by Crippen LogP contribution is -2.16. The summed E-state index contributed by atoms with van der Waals surface area (Å²) in [6.45, 7) is 7.64. The summed E-state index contributed by atoms with van der Waals surface area (Å²) in [6, 6.07) is 0. The van der Waals surface area contributed by atoms with Crippen LogP contribution in [-0.4, -0.2) is 16.5 Å². The van der Waals surface area contributed by atoms with Gasteiger partial charge in [-0.25, -0.2) is 9.97 Å². The highest BCUT2D eigenvalue weighted by Crippen LogP contribution is 2.26. The number of anilines is 1. The summed E-state index contributed by atoms with van der Waals surface area (Å²) in [5.41, 5.74) is 2.67. The van der Waals surface area contributed by atoms with Gasteiger partial charge in [0.15, 0.2) is 0 Å². The van der Waals surface area contributed by atoms with Crippen LogP contribution in [0, 0.1) is 5.92 Å². The van der Waals surface area contributed by atoms with E-state index in [0.29, 0.717) is 5.92 Å². The van der Waals surface area contributed by atoms with E-state index >= 15 is 0 Å². The average Bonchev–Trinajstić information content (AvgIpc) is 2.35. The molecule has 0 spiro atoms. The normalized spacial score (nSPS) is 14.7. The predicted octanol–water partition coefficient (Wildman–Crippen LogP) is 3.38. The van der Waals surface area contributed by atoms with Gasteiger partial charge in [-0.15, -0.1) is 0 Å². The fourth-order valence-corrected chi connectivity index (χ4v) is 2.49. The van der Waals surface area contributed by atoms with E-state index in [1.165, 1.54) is 24.1 Å². The SMILES string of the molecule is CCCNc1nc(CC(C)C)nc2c1CCCC2. The number of nitrogens with one attached hydrogen (secondary N) is 1. The fraction of sp³-hybridized carbons (Fsp3) is 0.733. The van der Waals surface area contributed by atoms with Crippen LogP contribution in [0.2, 0.25) is 0 Å². The summed E-state index contributed by atoms with van der Waals surface area (Å²) in [5, 5.41) is 3.48. The molecular formula is C15H25N3. The Morgan fingerprint density at radius 2 is 1.94 bits per heavy atom. The van der Waals surface area contributed by atoms with E-state index in [4.69, 9.17) is 9.97 Å². The number of aryl methyl sites for hydroxylation is 1. The van der Waals surface area contributed by atoms with E-state index in [2.05, 4.69) is 26.1 Å². The van der Waals surface area contributed by atoms with E-state index in [0.717, 1.165) is 43.9 Å². The molecule has 0 amide bonds. The third-order valence-corrected chi connectivity index (χ3v) is 3.36. The van der Waals surface area contributed by atoms with Crippen LogP contribution in [0.3, 0.4) is 0 Å². The van der Waals surface area contributed by atoms with Crippen LogP contribution in [0.1, 0.15) is 57.1 Å². The first kappa shape index (κ1) is 13.3. The number of fused-ring (bicyclic) bond motifs is 1. The van der Waals surface area contributed by atoms with Crippen LogP contribution in [0.25, 0.3) is 0 Å². The van der Waals surface area contributed by atoms with Gasteiger partial charge in [-0.1, -0.05) is 20.8 Å². The maximum absolute atomic E-state index is 4.77. The zero-order valence-electron chi connectivity index (χ0n) is 11.9. The summed E-state index contributed by atoms with van der Waals surface area (Å²) >= 11 is 0. The summed E-state index contributed by atoms with van der Waals surface area (Å²) in [5.74, 6) is 2.74. The molecule has 1 aliphatic rings. The standard InChI is InChI=1S/C15H25N3/c1-4-9-16-15-12-7-5-6-8-13(12)17-14(18-15)10-11(2)3/h11H,4-10H2,1-3H3,(H,16,17,18). The van der Waals surface area contributed by atoms with Crippen molar-refractivity contribution >= 4 is 5.82 Å². The molecule has 3 heteroatoms. The Labute approximate surface area is 110 Å². The number of rotatable bonds is 5. The van der Waals surface area contributed by atoms with Gasteiger partial charge in [0.2, 0.25) is 0 Å². The topological polar surface area (TPSA) is 37.8 Å². The Hall–Kier alpha value is -1.12. The van der Waals surface area contributed by atoms with Crippen LogP contribution in [0.4, 0.5) is 5.82 Å². The maximum Gasteiger partial charge on any atom is 0.133 e. The van der Waals surface area contributed by atoms with Gasteiger partial charge in [-0.05, 0) is 38.0 Å². The minimum Gasteiger partial charge on any atom is -0.370 e. The van der Waals surface area contributed by atoms with Crippen LogP contribution in [0.5, 0.6) is 0 Å². The van der Waals surface area contributed by atoms with Crippen molar-refractivity contribution in [2.45, 2.75) is 59.3 Å². The third-order valence-electron chi connectivity index (χ3n) is 3.36. The fourth-order valence-electron chi connectivity index (χ4n) is 2.49. The summed E-state index contributed by atoms with van der Waals surface area (Å²) < 4.78 is 0. The van der Waals surface area contributed by atoms with Crippen molar-refractivity contribution in [3.05, 3.63) is 17.1 Å². The number of aromatic nitrogens is 2. The molecule has 0 bridgehead atoms. The van der Waals surface area contributed by atoms with Gasteiger partial charge in [0.25, 0.3) is 0 Å². The molecule has 1 aromatic rings. The number of hydrogen-bond donors (Lipinski definition) is 1. The van der Waals surface area contributed by atoms with Crippen molar-refractivity contribution < 1.29 is 0 Å². The van der Waals surface area contributed by atoms with E-state index in [1.54, 1.807) is 0 Å². The van der Waals surface area contributed by atoms with Crippen molar-refractivity contribution in [2.75, 3.05) is 11.9 Å².